The summed E-state index contributed by atoms with van der Waals surface area (Å²) in [5.41, 5.74) is 5.79. The molecule has 2 aromatic carbocycles. The molecule has 5 nitrogen and oxygen atoms in total. The molecule has 1 aromatic heterocycles. The molecule has 0 aliphatic heterocycles. The zero-order valence-corrected chi connectivity index (χ0v) is 16.2. The van der Waals surface area contributed by atoms with Gasteiger partial charge in [-0.3, -0.25) is 9.78 Å². The lowest BCUT2D eigenvalue weighted by Crippen LogP contribution is -2.22. The molecule has 0 spiro atoms. The van der Waals surface area contributed by atoms with E-state index in [1.54, 1.807) is 12.4 Å². The van der Waals surface area contributed by atoms with Crippen molar-refractivity contribution in [3.63, 3.8) is 0 Å². The summed E-state index contributed by atoms with van der Waals surface area (Å²) in [6.45, 7) is 4.66. The Bertz CT molecular complexity index is 966. The molecule has 0 aliphatic rings. The van der Waals surface area contributed by atoms with Crippen LogP contribution in [-0.2, 0) is 6.54 Å². The van der Waals surface area contributed by atoms with Crippen LogP contribution in [0.5, 0.6) is 0 Å². The Labute approximate surface area is 160 Å². The molecule has 27 heavy (non-hydrogen) atoms. The first kappa shape index (κ1) is 18.6. The minimum atomic E-state index is -0.106. The van der Waals surface area contributed by atoms with E-state index in [1.807, 2.05) is 49.3 Å². The topological polar surface area (TPSA) is 58.1 Å². The second kappa shape index (κ2) is 7.99. The first-order valence-corrected chi connectivity index (χ1v) is 8.89. The lowest BCUT2D eigenvalue weighted by atomic mass is 10.1. The zero-order valence-electron chi connectivity index (χ0n) is 16.2. The number of rotatable bonds is 5. The number of anilines is 1. The van der Waals surface area contributed by atoms with E-state index in [-0.39, 0.29) is 5.91 Å². The molecule has 3 rings (SSSR count). The highest BCUT2D eigenvalue weighted by molar-refractivity contribution is 5.95. The van der Waals surface area contributed by atoms with Gasteiger partial charge in [-0.25, -0.2) is 4.98 Å². The van der Waals surface area contributed by atoms with Crippen LogP contribution in [-0.4, -0.2) is 30.0 Å². The standard InChI is InChI=1S/C22H24N4O/c1-15-8-9-17(12-16(15)2)14-25-22(27)19-7-5-6-18(13-19)20-21(26(3)4)24-11-10-23-20/h5-13H,14H2,1-4H3,(H,25,27). The largest absolute Gasteiger partial charge is 0.361 e. The van der Waals surface area contributed by atoms with Gasteiger partial charge in [0, 0.05) is 44.2 Å². The van der Waals surface area contributed by atoms with E-state index in [0.29, 0.717) is 12.1 Å². The van der Waals surface area contributed by atoms with Gasteiger partial charge in [-0.2, -0.15) is 0 Å². The van der Waals surface area contributed by atoms with Crippen LogP contribution in [0.3, 0.4) is 0 Å². The molecule has 138 valence electrons. The van der Waals surface area contributed by atoms with Crippen molar-refractivity contribution in [2.24, 2.45) is 0 Å². The number of nitrogens with one attached hydrogen (secondary N) is 1. The van der Waals surface area contributed by atoms with Crippen LogP contribution in [0.1, 0.15) is 27.0 Å². The molecular weight excluding hydrogens is 336 g/mol. The van der Waals surface area contributed by atoms with Crippen molar-refractivity contribution < 1.29 is 4.79 Å². The summed E-state index contributed by atoms with van der Waals surface area (Å²) in [4.78, 5) is 23.4. The predicted molar refractivity (Wildman–Crippen MR) is 109 cm³/mol. The summed E-state index contributed by atoms with van der Waals surface area (Å²) in [7, 11) is 3.85. The number of amides is 1. The highest BCUT2D eigenvalue weighted by Crippen LogP contribution is 2.25. The number of aryl methyl sites for hydroxylation is 2. The van der Waals surface area contributed by atoms with Crippen LogP contribution < -0.4 is 10.2 Å². The minimum absolute atomic E-state index is 0.106. The van der Waals surface area contributed by atoms with E-state index in [9.17, 15) is 4.79 Å². The SMILES string of the molecule is Cc1ccc(CNC(=O)c2cccc(-c3nccnc3N(C)C)c2)cc1C. The summed E-state index contributed by atoms with van der Waals surface area (Å²) in [5.74, 6) is 0.663. The average molecular weight is 360 g/mol. The van der Waals surface area contributed by atoms with Crippen molar-refractivity contribution in [2.45, 2.75) is 20.4 Å². The van der Waals surface area contributed by atoms with Gasteiger partial charge in [0.2, 0.25) is 0 Å². The number of hydrogen-bond acceptors (Lipinski definition) is 4. The second-order valence-corrected chi connectivity index (χ2v) is 6.81. The quantitative estimate of drug-likeness (QED) is 0.753. The van der Waals surface area contributed by atoms with Gasteiger partial charge in [-0.15, -0.1) is 0 Å². The highest BCUT2D eigenvalue weighted by atomic mass is 16.1. The van der Waals surface area contributed by atoms with Crippen LogP contribution in [0.25, 0.3) is 11.3 Å². The minimum Gasteiger partial charge on any atom is -0.361 e. The van der Waals surface area contributed by atoms with Gasteiger partial charge in [0.25, 0.3) is 5.91 Å². The third kappa shape index (κ3) is 4.31. The van der Waals surface area contributed by atoms with Crippen LogP contribution in [0.15, 0.2) is 54.9 Å². The molecule has 1 amide bonds. The normalized spacial score (nSPS) is 10.5. The first-order chi connectivity index (χ1) is 13.0. The number of carbonyl (C=O) groups is 1. The van der Waals surface area contributed by atoms with Crippen molar-refractivity contribution in [3.05, 3.63) is 77.1 Å². The van der Waals surface area contributed by atoms with E-state index in [4.69, 9.17) is 0 Å². The molecule has 1 heterocycles. The molecule has 3 aromatic rings. The Morgan fingerprint density at radius 2 is 1.78 bits per heavy atom. The maximum atomic E-state index is 12.6. The number of nitrogens with zero attached hydrogens (tertiary/aromatic N) is 3. The summed E-state index contributed by atoms with van der Waals surface area (Å²) >= 11 is 0. The molecule has 0 saturated carbocycles. The van der Waals surface area contributed by atoms with Crippen molar-refractivity contribution in [2.75, 3.05) is 19.0 Å². The van der Waals surface area contributed by atoms with E-state index in [2.05, 4.69) is 41.3 Å². The van der Waals surface area contributed by atoms with Crippen LogP contribution in [0, 0.1) is 13.8 Å². The summed E-state index contributed by atoms with van der Waals surface area (Å²) in [6, 6.07) is 13.7. The third-order valence-electron chi connectivity index (χ3n) is 4.53. The fourth-order valence-corrected chi connectivity index (χ4v) is 2.87. The van der Waals surface area contributed by atoms with Crippen LogP contribution >= 0.6 is 0 Å². The van der Waals surface area contributed by atoms with Gasteiger partial charge in [-0.05, 0) is 42.7 Å². The maximum Gasteiger partial charge on any atom is 0.251 e. The predicted octanol–water partition coefficient (Wildman–Crippen LogP) is 3.76. The van der Waals surface area contributed by atoms with Crippen molar-refractivity contribution in [1.29, 1.82) is 0 Å². The second-order valence-electron chi connectivity index (χ2n) is 6.81. The lowest BCUT2D eigenvalue weighted by Gasteiger charge is -2.15. The Balaban J connectivity index is 1.79. The number of hydrogen-bond donors (Lipinski definition) is 1. The van der Waals surface area contributed by atoms with Crippen molar-refractivity contribution in [3.8, 4) is 11.3 Å². The Morgan fingerprint density at radius 3 is 2.52 bits per heavy atom. The maximum absolute atomic E-state index is 12.6. The van der Waals surface area contributed by atoms with E-state index in [1.165, 1.54) is 11.1 Å². The Morgan fingerprint density at radius 1 is 1.00 bits per heavy atom. The smallest absolute Gasteiger partial charge is 0.251 e. The molecule has 5 heteroatoms. The summed E-state index contributed by atoms with van der Waals surface area (Å²) < 4.78 is 0. The Kier molecular flexibility index (Phi) is 5.50. The zero-order chi connectivity index (χ0) is 19.4. The van der Waals surface area contributed by atoms with Crippen LogP contribution in [0.2, 0.25) is 0 Å². The Hall–Kier alpha value is -3.21. The fourth-order valence-electron chi connectivity index (χ4n) is 2.87. The molecular formula is C22H24N4O. The number of carbonyl (C=O) groups excluding carboxylic acids is 1. The monoisotopic (exact) mass is 360 g/mol. The molecule has 1 N–H and O–H groups in total. The van der Waals surface area contributed by atoms with Gasteiger partial charge in [-0.1, -0.05) is 30.3 Å². The molecule has 0 bridgehead atoms. The van der Waals surface area contributed by atoms with Gasteiger partial charge in [0.05, 0.1) is 0 Å². The van der Waals surface area contributed by atoms with Gasteiger partial charge in [0.15, 0.2) is 5.82 Å². The molecule has 0 unspecified atom stereocenters. The van der Waals surface area contributed by atoms with E-state index >= 15 is 0 Å². The first-order valence-electron chi connectivity index (χ1n) is 8.89. The highest BCUT2D eigenvalue weighted by Gasteiger charge is 2.12. The molecule has 0 radical (unpaired) electrons. The summed E-state index contributed by atoms with van der Waals surface area (Å²) in [6.07, 6.45) is 3.33. The van der Waals surface area contributed by atoms with Crippen molar-refractivity contribution >= 4 is 11.7 Å². The van der Waals surface area contributed by atoms with Crippen molar-refractivity contribution in [1.82, 2.24) is 15.3 Å². The molecule has 0 aliphatic carbocycles. The number of benzene rings is 2. The summed E-state index contributed by atoms with van der Waals surface area (Å²) in [5, 5.41) is 2.99. The number of aromatic nitrogens is 2. The van der Waals surface area contributed by atoms with E-state index in [0.717, 1.165) is 22.6 Å². The van der Waals surface area contributed by atoms with Crippen LogP contribution in [0.4, 0.5) is 5.82 Å². The molecule has 0 saturated heterocycles. The molecule has 0 fully saturated rings. The van der Waals surface area contributed by atoms with Gasteiger partial charge < -0.3 is 10.2 Å². The third-order valence-corrected chi connectivity index (χ3v) is 4.53. The molecule has 0 atom stereocenters. The average Bonchev–Trinajstić information content (AvgIpc) is 2.68. The lowest BCUT2D eigenvalue weighted by molar-refractivity contribution is 0.0951. The van der Waals surface area contributed by atoms with E-state index < -0.39 is 0 Å². The fraction of sp³-hybridized carbons (Fsp3) is 0.227. The van der Waals surface area contributed by atoms with Gasteiger partial charge >= 0.3 is 0 Å². The van der Waals surface area contributed by atoms with Gasteiger partial charge in [0.1, 0.15) is 5.69 Å².